The van der Waals surface area contributed by atoms with E-state index in [0.717, 1.165) is 12.8 Å². The molecule has 0 spiro atoms. The monoisotopic (exact) mass is 234 g/mol. The minimum absolute atomic E-state index is 0.187. The van der Waals surface area contributed by atoms with E-state index in [1.165, 1.54) is 0 Å². The third-order valence-corrected chi connectivity index (χ3v) is 2.53. The Balaban J connectivity index is 2.46. The van der Waals surface area contributed by atoms with Gasteiger partial charge in [0.1, 0.15) is 10.8 Å². The number of aliphatic hydroxyl groups excluding tert-OH is 1. The lowest BCUT2D eigenvalue weighted by Gasteiger charge is -2.07. The zero-order valence-electron chi connectivity index (χ0n) is 7.67. The summed E-state index contributed by atoms with van der Waals surface area (Å²) in [7, 11) is 0. The summed E-state index contributed by atoms with van der Waals surface area (Å²) in [6.07, 6.45) is 1.54. The molecule has 0 saturated carbocycles. The van der Waals surface area contributed by atoms with Crippen LogP contribution in [0.2, 0.25) is 10.0 Å². The van der Waals surface area contributed by atoms with Crippen molar-refractivity contribution >= 4 is 23.2 Å². The van der Waals surface area contributed by atoms with Gasteiger partial charge in [0.05, 0.1) is 11.6 Å². The molecule has 0 aliphatic heterocycles. The van der Waals surface area contributed by atoms with Gasteiger partial charge in [-0.2, -0.15) is 0 Å². The molecule has 1 N–H and O–H groups in total. The highest BCUT2D eigenvalue weighted by Gasteiger charge is 2.04. The molecule has 14 heavy (non-hydrogen) atoms. The Kier molecular flexibility index (Phi) is 5.09. The Morgan fingerprint density at radius 3 is 2.71 bits per heavy atom. The molecule has 0 amide bonds. The number of benzene rings is 1. The van der Waals surface area contributed by atoms with Crippen LogP contribution in [0.3, 0.4) is 0 Å². The Morgan fingerprint density at radius 1 is 1.21 bits per heavy atom. The molecule has 0 fully saturated rings. The first-order valence-electron chi connectivity index (χ1n) is 4.43. The van der Waals surface area contributed by atoms with Crippen molar-refractivity contribution in [2.45, 2.75) is 12.8 Å². The molecule has 0 heterocycles. The smallest absolute Gasteiger partial charge is 0.139 e. The van der Waals surface area contributed by atoms with E-state index in [9.17, 15) is 0 Å². The summed E-state index contributed by atoms with van der Waals surface area (Å²) in [5, 5.41) is 9.49. The topological polar surface area (TPSA) is 29.5 Å². The fourth-order valence-electron chi connectivity index (χ4n) is 0.991. The Labute approximate surface area is 93.4 Å². The highest BCUT2D eigenvalue weighted by atomic mass is 35.5. The molecular formula is C10H12Cl2O2. The van der Waals surface area contributed by atoms with Crippen LogP contribution in [0.15, 0.2) is 18.2 Å². The van der Waals surface area contributed by atoms with Crippen molar-refractivity contribution in [2.24, 2.45) is 0 Å². The number of ether oxygens (including phenoxy) is 1. The van der Waals surface area contributed by atoms with Crippen molar-refractivity contribution < 1.29 is 9.84 Å². The first kappa shape index (κ1) is 11.6. The molecule has 0 atom stereocenters. The fraction of sp³-hybridized carbons (Fsp3) is 0.400. The second-order valence-corrected chi connectivity index (χ2v) is 3.62. The Morgan fingerprint density at radius 2 is 2.00 bits per heavy atom. The SMILES string of the molecule is OCCCCOc1cccc(Cl)c1Cl. The van der Waals surface area contributed by atoms with Gasteiger partial charge in [-0.25, -0.2) is 0 Å². The van der Waals surface area contributed by atoms with Crippen LogP contribution in [-0.2, 0) is 0 Å². The first-order valence-corrected chi connectivity index (χ1v) is 5.19. The molecule has 0 unspecified atom stereocenters. The molecule has 1 aromatic rings. The van der Waals surface area contributed by atoms with Crippen molar-refractivity contribution in [1.82, 2.24) is 0 Å². The molecule has 0 saturated heterocycles. The highest BCUT2D eigenvalue weighted by Crippen LogP contribution is 2.31. The average Bonchev–Trinajstić information content (AvgIpc) is 2.19. The van der Waals surface area contributed by atoms with Crippen LogP contribution >= 0.6 is 23.2 Å². The van der Waals surface area contributed by atoms with Gasteiger partial charge in [-0.3, -0.25) is 0 Å². The second-order valence-electron chi connectivity index (χ2n) is 2.83. The minimum atomic E-state index is 0.187. The van der Waals surface area contributed by atoms with Gasteiger partial charge in [0.2, 0.25) is 0 Å². The average molecular weight is 235 g/mol. The van der Waals surface area contributed by atoms with Crippen molar-refractivity contribution in [1.29, 1.82) is 0 Å². The van der Waals surface area contributed by atoms with Crippen LogP contribution in [0.1, 0.15) is 12.8 Å². The van der Waals surface area contributed by atoms with E-state index in [4.69, 9.17) is 33.0 Å². The molecule has 0 bridgehead atoms. The maximum absolute atomic E-state index is 8.56. The molecule has 0 aliphatic rings. The van der Waals surface area contributed by atoms with E-state index in [0.29, 0.717) is 22.4 Å². The lowest BCUT2D eigenvalue weighted by atomic mass is 10.3. The van der Waals surface area contributed by atoms with Crippen molar-refractivity contribution in [2.75, 3.05) is 13.2 Å². The summed E-state index contributed by atoms with van der Waals surface area (Å²) < 4.78 is 5.39. The standard InChI is InChI=1S/C10H12Cl2O2/c11-8-4-3-5-9(10(8)12)14-7-2-1-6-13/h3-5,13H,1-2,6-7H2. The summed E-state index contributed by atoms with van der Waals surface area (Å²) >= 11 is 11.7. The van der Waals surface area contributed by atoms with Crippen LogP contribution in [0, 0.1) is 0 Å². The molecular weight excluding hydrogens is 223 g/mol. The largest absolute Gasteiger partial charge is 0.492 e. The summed E-state index contributed by atoms with van der Waals surface area (Å²) in [6, 6.07) is 5.27. The van der Waals surface area contributed by atoms with E-state index in [2.05, 4.69) is 0 Å². The van der Waals surface area contributed by atoms with Crippen LogP contribution in [0.5, 0.6) is 5.75 Å². The summed E-state index contributed by atoms with van der Waals surface area (Å²) in [4.78, 5) is 0. The fourth-order valence-corrected chi connectivity index (χ4v) is 1.34. The number of hydrogen-bond acceptors (Lipinski definition) is 2. The second kappa shape index (κ2) is 6.12. The van der Waals surface area contributed by atoms with Gasteiger partial charge >= 0.3 is 0 Å². The molecule has 0 radical (unpaired) electrons. The maximum atomic E-state index is 8.56. The minimum Gasteiger partial charge on any atom is -0.492 e. The van der Waals surface area contributed by atoms with Gasteiger partial charge in [0.15, 0.2) is 0 Å². The highest BCUT2D eigenvalue weighted by molar-refractivity contribution is 6.42. The van der Waals surface area contributed by atoms with Crippen LogP contribution in [0.4, 0.5) is 0 Å². The predicted molar refractivity (Wildman–Crippen MR) is 58.3 cm³/mol. The zero-order chi connectivity index (χ0) is 10.4. The van der Waals surface area contributed by atoms with E-state index in [-0.39, 0.29) is 6.61 Å². The summed E-state index contributed by atoms with van der Waals surface area (Å²) in [5.41, 5.74) is 0. The van der Waals surface area contributed by atoms with Crippen molar-refractivity contribution in [3.05, 3.63) is 28.2 Å². The lowest BCUT2D eigenvalue weighted by molar-refractivity contribution is 0.253. The molecule has 78 valence electrons. The van der Waals surface area contributed by atoms with Gasteiger partial charge in [0.25, 0.3) is 0 Å². The van der Waals surface area contributed by atoms with E-state index < -0.39 is 0 Å². The van der Waals surface area contributed by atoms with Crippen LogP contribution in [-0.4, -0.2) is 18.3 Å². The molecule has 0 aromatic heterocycles. The number of halogens is 2. The number of unbranched alkanes of at least 4 members (excludes halogenated alkanes) is 1. The van der Waals surface area contributed by atoms with Crippen molar-refractivity contribution in [3.63, 3.8) is 0 Å². The molecule has 1 aromatic carbocycles. The van der Waals surface area contributed by atoms with Crippen LogP contribution < -0.4 is 4.74 Å². The Hall–Kier alpha value is -0.440. The number of aliphatic hydroxyl groups is 1. The van der Waals surface area contributed by atoms with Gasteiger partial charge in [0, 0.05) is 6.61 Å². The van der Waals surface area contributed by atoms with E-state index in [1.54, 1.807) is 18.2 Å². The van der Waals surface area contributed by atoms with Gasteiger partial charge in [-0.05, 0) is 25.0 Å². The third-order valence-electron chi connectivity index (χ3n) is 1.73. The molecule has 2 nitrogen and oxygen atoms in total. The molecule has 1 rings (SSSR count). The maximum Gasteiger partial charge on any atom is 0.139 e. The normalized spacial score (nSPS) is 10.2. The van der Waals surface area contributed by atoms with Crippen LogP contribution in [0.25, 0.3) is 0 Å². The van der Waals surface area contributed by atoms with Gasteiger partial charge in [-0.1, -0.05) is 29.3 Å². The quantitative estimate of drug-likeness (QED) is 0.794. The van der Waals surface area contributed by atoms with E-state index >= 15 is 0 Å². The molecule has 0 aliphatic carbocycles. The van der Waals surface area contributed by atoms with Crippen molar-refractivity contribution in [3.8, 4) is 5.75 Å². The number of hydrogen-bond donors (Lipinski definition) is 1. The van der Waals surface area contributed by atoms with Gasteiger partial charge < -0.3 is 9.84 Å². The molecule has 4 heteroatoms. The first-order chi connectivity index (χ1) is 6.75. The Bertz CT molecular complexity index is 289. The zero-order valence-corrected chi connectivity index (χ0v) is 9.18. The summed E-state index contributed by atoms with van der Waals surface area (Å²) in [6.45, 7) is 0.729. The summed E-state index contributed by atoms with van der Waals surface area (Å²) in [5.74, 6) is 0.595. The third kappa shape index (κ3) is 3.37. The lowest BCUT2D eigenvalue weighted by Crippen LogP contribution is -1.99. The predicted octanol–water partition coefficient (Wildman–Crippen LogP) is 3.14. The number of rotatable bonds is 5. The van der Waals surface area contributed by atoms with E-state index in [1.807, 2.05) is 0 Å². The van der Waals surface area contributed by atoms with Gasteiger partial charge in [-0.15, -0.1) is 0 Å².